The van der Waals surface area contributed by atoms with Crippen LogP contribution in [0.15, 0.2) is 60.7 Å². The fourth-order valence-electron chi connectivity index (χ4n) is 3.74. The lowest BCUT2D eigenvalue weighted by Gasteiger charge is -2.21. The molecule has 0 aliphatic carbocycles. The highest BCUT2D eigenvalue weighted by molar-refractivity contribution is 7.89. The second-order valence-corrected chi connectivity index (χ2v) is 9.80. The normalized spacial score (nSPS) is 11.5. The molecule has 33 heavy (non-hydrogen) atoms. The van der Waals surface area contributed by atoms with Crippen LogP contribution in [0.3, 0.4) is 0 Å². The summed E-state index contributed by atoms with van der Waals surface area (Å²) in [6, 6.07) is 20.7. The Morgan fingerprint density at radius 1 is 0.879 bits per heavy atom. The molecule has 0 aliphatic heterocycles. The van der Waals surface area contributed by atoms with Crippen molar-refractivity contribution in [3.05, 3.63) is 83.3 Å². The van der Waals surface area contributed by atoms with E-state index in [9.17, 15) is 8.42 Å². The third-order valence-electron chi connectivity index (χ3n) is 5.29. The van der Waals surface area contributed by atoms with Crippen LogP contribution in [0.4, 0.5) is 11.5 Å². The number of aryl methyl sites for hydroxylation is 1. The summed E-state index contributed by atoms with van der Waals surface area (Å²) in [7, 11) is -3.34. The Balaban J connectivity index is 1.87. The Morgan fingerprint density at radius 3 is 2.03 bits per heavy atom. The Hall–Kier alpha value is -2.97. The quantitative estimate of drug-likeness (QED) is 0.368. The highest BCUT2D eigenvalue weighted by atomic mass is 32.2. The molecule has 7 nitrogen and oxygen atoms in total. The molecule has 0 aliphatic rings. The lowest BCUT2D eigenvalue weighted by atomic mass is 9.91. The van der Waals surface area contributed by atoms with Crippen LogP contribution in [0.1, 0.15) is 48.8 Å². The van der Waals surface area contributed by atoms with Gasteiger partial charge in [0.25, 0.3) is 0 Å². The number of rotatable bonds is 12. The lowest BCUT2D eigenvalue weighted by molar-refractivity contribution is 0.577. The molecule has 0 spiro atoms. The van der Waals surface area contributed by atoms with E-state index >= 15 is 0 Å². The standard InChI is InChI=1S/C25H33N5O2S/c1-4-16-33(31,32)28-18-23-29-19(3)24(26-5-2)25(30-23)27-17-22(20-12-8-6-9-13-20)21-14-10-7-11-15-21/h6-15,22,26,28H,4-5,16-18H2,1-3H3,(H,27,29,30). The summed E-state index contributed by atoms with van der Waals surface area (Å²) in [5, 5.41) is 6.85. The molecule has 0 radical (unpaired) electrons. The molecule has 1 aromatic heterocycles. The number of aromatic nitrogens is 2. The number of sulfonamides is 1. The summed E-state index contributed by atoms with van der Waals surface area (Å²) in [4.78, 5) is 9.18. The van der Waals surface area contributed by atoms with Gasteiger partial charge in [0.2, 0.25) is 10.0 Å². The predicted octanol–water partition coefficient (Wildman–Crippen LogP) is 4.29. The van der Waals surface area contributed by atoms with Gasteiger partial charge >= 0.3 is 0 Å². The maximum absolute atomic E-state index is 12.1. The third-order valence-corrected chi connectivity index (χ3v) is 6.82. The topological polar surface area (TPSA) is 96.0 Å². The third kappa shape index (κ3) is 7.00. The van der Waals surface area contributed by atoms with Crippen LogP contribution >= 0.6 is 0 Å². The first-order valence-corrected chi connectivity index (χ1v) is 13.0. The number of hydrogen-bond acceptors (Lipinski definition) is 6. The van der Waals surface area contributed by atoms with Crippen LogP contribution in [0.5, 0.6) is 0 Å². The molecule has 1 heterocycles. The summed E-state index contributed by atoms with van der Waals surface area (Å²) in [6.07, 6.45) is 0.557. The summed E-state index contributed by atoms with van der Waals surface area (Å²) < 4.78 is 26.8. The van der Waals surface area contributed by atoms with E-state index in [2.05, 4.69) is 49.6 Å². The number of nitrogens with one attached hydrogen (secondary N) is 3. The predicted molar refractivity (Wildman–Crippen MR) is 135 cm³/mol. The average Bonchev–Trinajstić information content (AvgIpc) is 2.81. The van der Waals surface area contributed by atoms with E-state index in [0.717, 1.165) is 17.9 Å². The van der Waals surface area contributed by atoms with Gasteiger partial charge in [0.1, 0.15) is 5.82 Å². The van der Waals surface area contributed by atoms with Gasteiger partial charge in [-0.1, -0.05) is 67.6 Å². The largest absolute Gasteiger partial charge is 0.381 e. The van der Waals surface area contributed by atoms with Gasteiger partial charge in [-0.2, -0.15) is 0 Å². The minimum Gasteiger partial charge on any atom is -0.381 e. The minimum absolute atomic E-state index is 0.0606. The van der Waals surface area contributed by atoms with Gasteiger partial charge in [0.05, 0.1) is 23.7 Å². The summed E-state index contributed by atoms with van der Waals surface area (Å²) in [5.41, 5.74) is 4.02. The molecule has 3 N–H and O–H groups in total. The maximum atomic E-state index is 12.1. The highest BCUT2D eigenvalue weighted by Crippen LogP contribution is 2.28. The summed E-state index contributed by atoms with van der Waals surface area (Å²) in [6.45, 7) is 7.17. The molecule has 0 bridgehead atoms. The molecule has 176 valence electrons. The van der Waals surface area contributed by atoms with E-state index in [1.165, 1.54) is 11.1 Å². The first-order chi connectivity index (χ1) is 15.9. The molecule has 8 heteroatoms. The highest BCUT2D eigenvalue weighted by Gasteiger charge is 2.18. The zero-order valence-corrected chi connectivity index (χ0v) is 20.3. The molecular formula is C25H33N5O2S. The van der Waals surface area contributed by atoms with E-state index in [0.29, 0.717) is 24.6 Å². The van der Waals surface area contributed by atoms with E-state index in [4.69, 9.17) is 0 Å². The van der Waals surface area contributed by atoms with Crippen LogP contribution in [-0.2, 0) is 16.6 Å². The Morgan fingerprint density at radius 2 is 1.48 bits per heavy atom. The van der Waals surface area contributed by atoms with Gasteiger partial charge < -0.3 is 10.6 Å². The van der Waals surface area contributed by atoms with Crippen LogP contribution in [0.25, 0.3) is 0 Å². The monoisotopic (exact) mass is 467 g/mol. The summed E-state index contributed by atoms with van der Waals surface area (Å²) in [5.74, 6) is 1.32. The van der Waals surface area contributed by atoms with Crippen molar-refractivity contribution in [3.63, 3.8) is 0 Å². The molecule has 0 amide bonds. The molecule has 0 saturated heterocycles. The van der Waals surface area contributed by atoms with Gasteiger partial charge in [0, 0.05) is 19.0 Å². The lowest BCUT2D eigenvalue weighted by Crippen LogP contribution is -2.27. The fourth-order valence-corrected chi connectivity index (χ4v) is 4.77. The van der Waals surface area contributed by atoms with Crippen LogP contribution < -0.4 is 15.4 Å². The molecule has 2 aromatic carbocycles. The SMILES string of the molecule is CCCS(=O)(=O)NCc1nc(C)c(NCC)c(NCC(c2ccccc2)c2ccccc2)n1. The van der Waals surface area contributed by atoms with Crippen molar-refractivity contribution in [2.24, 2.45) is 0 Å². The van der Waals surface area contributed by atoms with Gasteiger partial charge in [-0.15, -0.1) is 0 Å². The first kappa shape index (κ1) is 24.7. The van der Waals surface area contributed by atoms with Crippen molar-refractivity contribution in [3.8, 4) is 0 Å². The first-order valence-electron chi connectivity index (χ1n) is 11.4. The minimum atomic E-state index is -3.34. The zero-order chi connectivity index (χ0) is 23.7. The molecule has 0 saturated carbocycles. The second-order valence-electron chi connectivity index (χ2n) is 7.87. The average molecular weight is 468 g/mol. The second kappa shape index (κ2) is 11.8. The van der Waals surface area contributed by atoms with Gasteiger partial charge in [-0.25, -0.2) is 23.1 Å². The Labute approximate surface area is 197 Å². The van der Waals surface area contributed by atoms with E-state index in [1.54, 1.807) is 0 Å². The van der Waals surface area contributed by atoms with Crippen LogP contribution in [0.2, 0.25) is 0 Å². The zero-order valence-electron chi connectivity index (χ0n) is 19.5. The molecule has 0 unspecified atom stereocenters. The molecule has 3 rings (SSSR count). The van der Waals surface area contributed by atoms with E-state index in [-0.39, 0.29) is 18.2 Å². The smallest absolute Gasteiger partial charge is 0.211 e. The maximum Gasteiger partial charge on any atom is 0.211 e. The van der Waals surface area contributed by atoms with E-state index in [1.807, 2.05) is 57.2 Å². The number of anilines is 2. The Bertz CT molecular complexity index is 1080. The van der Waals surface area contributed by atoms with Crippen LogP contribution in [0, 0.1) is 6.92 Å². The van der Waals surface area contributed by atoms with Crippen molar-refractivity contribution in [1.29, 1.82) is 0 Å². The molecule has 3 aromatic rings. The van der Waals surface area contributed by atoms with E-state index < -0.39 is 10.0 Å². The van der Waals surface area contributed by atoms with Gasteiger partial charge in [-0.05, 0) is 31.4 Å². The van der Waals surface area contributed by atoms with Crippen molar-refractivity contribution >= 4 is 21.5 Å². The van der Waals surface area contributed by atoms with Crippen molar-refractivity contribution < 1.29 is 8.42 Å². The van der Waals surface area contributed by atoms with Gasteiger partial charge in [0.15, 0.2) is 5.82 Å². The van der Waals surface area contributed by atoms with Crippen LogP contribution in [-0.4, -0.2) is 37.2 Å². The van der Waals surface area contributed by atoms with Gasteiger partial charge in [-0.3, -0.25) is 0 Å². The molecular weight excluding hydrogens is 434 g/mol. The van der Waals surface area contributed by atoms with Crippen molar-refractivity contribution in [1.82, 2.24) is 14.7 Å². The fraction of sp³-hybridized carbons (Fsp3) is 0.360. The van der Waals surface area contributed by atoms with Crippen molar-refractivity contribution in [2.75, 3.05) is 29.5 Å². The molecule has 0 atom stereocenters. The number of benzene rings is 2. The van der Waals surface area contributed by atoms with Crippen molar-refractivity contribution in [2.45, 2.75) is 39.7 Å². The number of hydrogen-bond donors (Lipinski definition) is 3. The Kier molecular flexibility index (Phi) is 8.79. The summed E-state index contributed by atoms with van der Waals surface area (Å²) >= 11 is 0. The number of nitrogens with zero attached hydrogens (tertiary/aromatic N) is 2. The molecule has 0 fully saturated rings.